The monoisotopic (exact) mass is 319 g/mol. The fourth-order valence-corrected chi connectivity index (χ4v) is 2.87. The van der Waals surface area contributed by atoms with Crippen molar-refractivity contribution in [3.8, 4) is 11.5 Å². The first-order chi connectivity index (χ1) is 11.1. The summed E-state index contributed by atoms with van der Waals surface area (Å²) in [6.45, 7) is 3.43. The molecule has 0 aromatic heterocycles. The second-order valence-electron chi connectivity index (χ2n) is 6.06. The van der Waals surface area contributed by atoms with Crippen molar-refractivity contribution in [1.29, 1.82) is 0 Å². The van der Waals surface area contributed by atoms with Crippen molar-refractivity contribution in [2.45, 2.75) is 25.9 Å². The SMILES string of the molecule is C[C@H]1CCCN(C(=O)COC(=O)[C@@H]2COc3ccccc3O2)C1. The minimum Gasteiger partial charge on any atom is -0.485 e. The van der Waals surface area contributed by atoms with Gasteiger partial charge >= 0.3 is 5.97 Å². The lowest BCUT2D eigenvalue weighted by Crippen LogP contribution is -2.43. The van der Waals surface area contributed by atoms with Crippen molar-refractivity contribution in [2.75, 3.05) is 26.3 Å². The van der Waals surface area contributed by atoms with Gasteiger partial charge in [0, 0.05) is 13.1 Å². The summed E-state index contributed by atoms with van der Waals surface area (Å²) in [5.74, 6) is 0.890. The van der Waals surface area contributed by atoms with E-state index in [1.54, 1.807) is 23.1 Å². The second-order valence-corrected chi connectivity index (χ2v) is 6.06. The van der Waals surface area contributed by atoms with Crippen molar-refractivity contribution in [2.24, 2.45) is 5.92 Å². The van der Waals surface area contributed by atoms with Gasteiger partial charge in [0.15, 0.2) is 18.1 Å². The molecule has 1 saturated heterocycles. The summed E-state index contributed by atoms with van der Waals surface area (Å²) in [6, 6.07) is 7.14. The van der Waals surface area contributed by atoms with E-state index in [1.165, 1.54) is 0 Å². The largest absolute Gasteiger partial charge is 0.485 e. The van der Waals surface area contributed by atoms with Crippen LogP contribution in [-0.2, 0) is 14.3 Å². The Hall–Kier alpha value is -2.24. The molecule has 23 heavy (non-hydrogen) atoms. The number of amides is 1. The van der Waals surface area contributed by atoms with E-state index in [2.05, 4.69) is 6.92 Å². The van der Waals surface area contributed by atoms with E-state index in [-0.39, 0.29) is 19.1 Å². The Kier molecular flexibility index (Phi) is 4.69. The lowest BCUT2D eigenvalue weighted by atomic mass is 10.0. The third kappa shape index (κ3) is 3.75. The average Bonchev–Trinajstić information content (AvgIpc) is 2.59. The highest BCUT2D eigenvalue weighted by Crippen LogP contribution is 2.31. The molecule has 124 valence electrons. The maximum Gasteiger partial charge on any atom is 0.351 e. The van der Waals surface area contributed by atoms with E-state index in [0.29, 0.717) is 17.4 Å². The molecule has 1 amide bonds. The molecule has 0 unspecified atom stereocenters. The number of fused-ring (bicyclic) bond motifs is 1. The first-order valence-corrected chi connectivity index (χ1v) is 7.96. The highest BCUT2D eigenvalue weighted by atomic mass is 16.6. The molecule has 0 spiro atoms. The normalized spacial score (nSPS) is 23.3. The smallest absolute Gasteiger partial charge is 0.351 e. The van der Waals surface area contributed by atoms with Gasteiger partial charge in [0.05, 0.1) is 0 Å². The minimum atomic E-state index is -0.835. The van der Waals surface area contributed by atoms with Gasteiger partial charge in [-0.25, -0.2) is 4.79 Å². The van der Waals surface area contributed by atoms with E-state index < -0.39 is 12.1 Å². The van der Waals surface area contributed by atoms with Crippen molar-refractivity contribution in [3.05, 3.63) is 24.3 Å². The van der Waals surface area contributed by atoms with Crippen molar-refractivity contribution >= 4 is 11.9 Å². The number of benzene rings is 1. The maximum atomic E-state index is 12.1. The van der Waals surface area contributed by atoms with Crippen LogP contribution in [0.25, 0.3) is 0 Å². The van der Waals surface area contributed by atoms with Crippen LogP contribution in [0.15, 0.2) is 24.3 Å². The third-order valence-corrected chi connectivity index (χ3v) is 4.12. The van der Waals surface area contributed by atoms with Crippen LogP contribution < -0.4 is 9.47 Å². The van der Waals surface area contributed by atoms with Gasteiger partial charge in [-0.1, -0.05) is 19.1 Å². The van der Waals surface area contributed by atoms with E-state index in [0.717, 1.165) is 25.9 Å². The topological polar surface area (TPSA) is 65.1 Å². The zero-order chi connectivity index (χ0) is 16.2. The quantitative estimate of drug-likeness (QED) is 0.792. The lowest BCUT2D eigenvalue weighted by Gasteiger charge is -2.31. The van der Waals surface area contributed by atoms with Crippen LogP contribution in [-0.4, -0.2) is 49.2 Å². The Morgan fingerprint density at radius 1 is 1.30 bits per heavy atom. The minimum absolute atomic E-state index is 0.0881. The van der Waals surface area contributed by atoms with E-state index in [9.17, 15) is 9.59 Å². The van der Waals surface area contributed by atoms with Crippen molar-refractivity contribution in [1.82, 2.24) is 4.90 Å². The molecule has 0 bridgehead atoms. The second kappa shape index (κ2) is 6.89. The van der Waals surface area contributed by atoms with E-state index in [1.807, 2.05) is 6.07 Å². The fraction of sp³-hybridized carbons (Fsp3) is 0.529. The summed E-state index contributed by atoms with van der Waals surface area (Å²) in [5, 5.41) is 0. The Bertz CT molecular complexity index is 588. The number of rotatable bonds is 3. The van der Waals surface area contributed by atoms with Crippen LogP contribution >= 0.6 is 0 Å². The van der Waals surface area contributed by atoms with Gasteiger partial charge in [-0.2, -0.15) is 0 Å². The Balaban J connectivity index is 1.49. The molecular formula is C17H21NO5. The summed E-state index contributed by atoms with van der Waals surface area (Å²) in [4.78, 5) is 25.9. The number of hydrogen-bond acceptors (Lipinski definition) is 5. The molecule has 0 N–H and O–H groups in total. The molecule has 0 aliphatic carbocycles. The van der Waals surface area contributed by atoms with Crippen molar-refractivity contribution < 1.29 is 23.8 Å². The highest BCUT2D eigenvalue weighted by Gasteiger charge is 2.30. The Labute approximate surface area is 135 Å². The number of carbonyl (C=O) groups excluding carboxylic acids is 2. The van der Waals surface area contributed by atoms with Crippen LogP contribution in [0.2, 0.25) is 0 Å². The predicted molar refractivity (Wildman–Crippen MR) is 82.3 cm³/mol. The standard InChI is InChI=1S/C17H21NO5/c1-12-5-4-8-18(9-12)16(19)11-22-17(20)15-10-21-13-6-2-3-7-14(13)23-15/h2-3,6-7,12,15H,4-5,8-11H2,1H3/t12-,15-/m0/s1. The maximum absolute atomic E-state index is 12.1. The Morgan fingerprint density at radius 2 is 2.09 bits per heavy atom. The first kappa shape index (κ1) is 15.6. The van der Waals surface area contributed by atoms with Gasteiger partial charge in [-0.15, -0.1) is 0 Å². The molecular weight excluding hydrogens is 298 g/mol. The number of hydrogen-bond donors (Lipinski definition) is 0. The van der Waals surface area contributed by atoms with Gasteiger partial charge in [0.1, 0.15) is 6.61 Å². The Morgan fingerprint density at radius 3 is 2.87 bits per heavy atom. The van der Waals surface area contributed by atoms with Crippen LogP contribution in [0.4, 0.5) is 0 Å². The number of esters is 1. The molecule has 2 atom stereocenters. The zero-order valence-corrected chi connectivity index (χ0v) is 13.2. The molecule has 1 fully saturated rings. The summed E-state index contributed by atoms with van der Waals surface area (Å²) < 4.78 is 16.1. The van der Waals surface area contributed by atoms with Gasteiger partial charge in [-0.05, 0) is 30.9 Å². The predicted octanol–water partition coefficient (Wildman–Crippen LogP) is 1.63. The van der Waals surface area contributed by atoms with Gasteiger partial charge in [-0.3, -0.25) is 4.79 Å². The average molecular weight is 319 g/mol. The summed E-state index contributed by atoms with van der Waals surface area (Å²) in [6.07, 6.45) is 1.30. The van der Waals surface area contributed by atoms with Crippen LogP contribution in [0.5, 0.6) is 11.5 Å². The van der Waals surface area contributed by atoms with E-state index >= 15 is 0 Å². The van der Waals surface area contributed by atoms with E-state index in [4.69, 9.17) is 14.2 Å². The molecule has 2 aliphatic heterocycles. The molecule has 1 aromatic rings. The number of nitrogens with zero attached hydrogens (tertiary/aromatic N) is 1. The van der Waals surface area contributed by atoms with Gasteiger partial charge in [0.2, 0.25) is 6.10 Å². The van der Waals surface area contributed by atoms with Crippen LogP contribution in [0.1, 0.15) is 19.8 Å². The summed E-state index contributed by atoms with van der Waals surface area (Å²) in [7, 11) is 0. The number of piperidine rings is 1. The lowest BCUT2D eigenvalue weighted by molar-refractivity contribution is -0.160. The summed E-state index contributed by atoms with van der Waals surface area (Å²) >= 11 is 0. The molecule has 3 rings (SSSR count). The van der Waals surface area contributed by atoms with Gasteiger partial charge in [0.25, 0.3) is 5.91 Å². The third-order valence-electron chi connectivity index (χ3n) is 4.12. The molecule has 2 heterocycles. The number of para-hydroxylation sites is 2. The molecule has 0 radical (unpaired) electrons. The van der Waals surface area contributed by atoms with Crippen LogP contribution in [0.3, 0.4) is 0 Å². The zero-order valence-electron chi connectivity index (χ0n) is 13.2. The molecule has 6 heteroatoms. The fourth-order valence-electron chi connectivity index (χ4n) is 2.87. The summed E-state index contributed by atoms with van der Waals surface area (Å²) in [5.41, 5.74) is 0. The van der Waals surface area contributed by atoms with Gasteiger partial charge < -0.3 is 19.1 Å². The number of ether oxygens (including phenoxy) is 3. The highest BCUT2D eigenvalue weighted by molar-refractivity contribution is 5.82. The molecule has 1 aromatic carbocycles. The number of carbonyl (C=O) groups is 2. The van der Waals surface area contributed by atoms with Crippen LogP contribution in [0, 0.1) is 5.92 Å². The van der Waals surface area contributed by atoms with Crippen molar-refractivity contribution in [3.63, 3.8) is 0 Å². The molecule has 0 saturated carbocycles. The molecule has 6 nitrogen and oxygen atoms in total. The molecule has 2 aliphatic rings. The first-order valence-electron chi connectivity index (χ1n) is 7.96. The number of likely N-dealkylation sites (tertiary alicyclic amines) is 1.